The molecule has 1 heterocycles. The van der Waals surface area contributed by atoms with Gasteiger partial charge in [-0.05, 0) is 31.7 Å². The fourth-order valence-electron chi connectivity index (χ4n) is 1.70. The van der Waals surface area contributed by atoms with E-state index in [0.717, 1.165) is 22.4 Å². The molecule has 0 saturated carbocycles. The highest BCUT2D eigenvalue weighted by Gasteiger charge is 2.07. The number of hydrogen-bond donors (Lipinski definition) is 1. The van der Waals surface area contributed by atoms with Crippen molar-refractivity contribution in [2.75, 3.05) is 7.05 Å². The fraction of sp³-hybridized carbons (Fsp3) is 0.364. The summed E-state index contributed by atoms with van der Waals surface area (Å²) in [6.45, 7) is 2.87. The summed E-state index contributed by atoms with van der Waals surface area (Å²) in [5.41, 5.74) is 3.46. The Labute approximate surface area is 97.6 Å². The summed E-state index contributed by atoms with van der Waals surface area (Å²) in [7, 11) is 3.98. The average molecular weight is 268 g/mol. The van der Waals surface area contributed by atoms with Crippen LogP contribution >= 0.6 is 15.9 Å². The summed E-state index contributed by atoms with van der Waals surface area (Å²) >= 11 is 3.58. The number of nitrogens with zero attached hydrogens (tertiary/aromatic N) is 2. The summed E-state index contributed by atoms with van der Waals surface area (Å²) < 4.78 is 3.23. The molecule has 0 aliphatic heterocycles. The number of nitrogens with one attached hydrogen (secondary N) is 1. The van der Waals surface area contributed by atoms with E-state index < -0.39 is 0 Å². The molecule has 0 radical (unpaired) electrons. The third-order valence-electron chi connectivity index (χ3n) is 2.64. The Bertz CT molecular complexity index is 502. The maximum Gasteiger partial charge on any atom is 0.106 e. The van der Waals surface area contributed by atoms with Crippen molar-refractivity contribution in [2.24, 2.45) is 7.05 Å². The van der Waals surface area contributed by atoms with Gasteiger partial charge in [0.15, 0.2) is 0 Å². The second kappa shape index (κ2) is 3.94. The number of halogens is 1. The molecule has 0 atom stereocenters. The van der Waals surface area contributed by atoms with Crippen molar-refractivity contribution in [1.29, 1.82) is 0 Å². The van der Waals surface area contributed by atoms with Crippen LogP contribution in [0.3, 0.4) is 0 Å². The van der Waals surface area contributed by atoms with Crippen molar-refractivity contribution in [2.45, 2.75) is 13.5 Å². The molecule has 0 aliphatic carbocycles. The Hall–Kier alpha value is -0.870. The van der Waals surface area contributed by atoms with E-state index in [9.17, 15) is 0 Å². The Morgan fingerprint density at radius 2 is 2.20 bits per heavy atom. The van der Waals surface area contributed by atoms with Crippen LogP contribution in [0, 0.1) is 6.92 Å². The summed E-state index contributed by atoms with van der Waals surface area (Å²) in [4.78, 5) is 4.51. The topological polar surface area (TPSA) is 29.9 Å². The molecule has 1 aromatic heterocycles. The van der Waals surface area contributed by atoms with Crippen molar-refractivity contribution in [3.05, 3.63) is 28.0 Å². The molecule has 1 N–H and O–H groups in total. The van der Waals surface area contributed by atoms with Crippen LogP contribution < -0.4 is 5.32 Å². The Balaban J connectivity index is 2.65. The third-order valence-corrected chi connectivity index (χ3v) is 3.38. The molecule has 2 rings (SSSR count). The lowest BCUT2D eigenvalue weighted by Crippen LogP contribution is -2.05. The molecule has 3 nitrogen and oxygen atoms in total. The smallest absolute Gasteiger partial charge is 0.106 e. The first-order valence-electron chi connectivity index (χ1n) is 4.89. The molecule has 0 amide bonds. The number of benzene rings is 1. The van der Waals surface area contributed by atoms with Gasteiger partial charge in [0.2, 0.25) is 0 Å². The standard InChI is InChI=1S/C11H14BrN3/c1-7-14-10-4-8(6-13-2)9(12)5-11(10)15(7)3/h4-5,13H,6H2,1-3H3. The van der Waals surface area contributed by atoms with Gasteiger partial charge in [-0.2, -0.15) is 0 Å². The van der Waals surface area contributed by atoms with Crippen molar-refractivity contribution in [1.82, 2.24) is 14.9 Å². The molecule has 0 spiro atoms. The van der Waals surface area contributed by atoms with Gasteiger partial charge in [0.25, 0.3) is 0 Å². The van der Waals surface area contributed by atoms with E-state index in [1.54, 1.807) is 0 Å². The van der Waals surface area contributed by atoms with Gasteiger partial charge in [0.05, 0.1) is 11.0 Å². The summed E-state index contributed by atoms with van der Waals surface area (Å²) in [6.07, 6.45) is 0. The largest absolute Gasteiger partial charge is 0.331 e. The van der Waals surface area contributed by atoms with E-state index in [1.807, 2.05) is 21.0 Å². The maximum atomic E-state index is 4.51. The van der Waals surface area contributed by atoms with E-state index in [2.05, 4.69) is 42.9 Å². The third kappa shape index (κ3) is 1.79. The highest BCUT2D eigenvalue weighted by Crippen LogP contribution is 2.24. The lowest BCUT2D eigenvalue weighted by Gasteiger charge is -2.04. The molecule has 1 aromatic carbocycles. The highest BCUT2D eigenvalue weighted by molar-refractivity contribution is 9.10. The molecule has 80 valence electrons. The van der Waals surface area contributed by atoms with Gasteiger partial charge in [0.1, 0.15) is 5.82 Å². The molecule has 0 fully saturated rings. The average Bonchev–Trinajstić information content (AvgIpc) is 2.46. The van der Waals surface area contributed by atoms with Crippen LogP contribution in [0.1, 0.15) is 11.4 Å². The second-order valence-electron chi connectivity index (χ2n) is 3.68. The van der Waals surface area contributed by atoms with E-state index >= 15 is 0 Å². The van der Waals surface area contributed by atoms with Crippen LogP contribution in [0.5, 0.6) is 0 Å². The zero-order chi connectivity index (χ0) is 11.0. The molecule has 15 heavy (non-hydrogen) atoms. The molecule has 2 aromatic rings. The van der Waals surface area contributed by atoms with Gasteiger partial charge in [0, 0.05) is 18.1 Å². The number of aromatic nitrogens is 2. The molecular weight excluding hydrogens is 254 g/mol. The SMILES string of the molecule is CNCc1cc2nc(C)n(C)c2cc1Br. The number of aryl methyl sites for hydroxylation is 2. The number of imidazole rings is 1. The monoisotopic (exact) mass is 267 g/mol. The lowest BCUT2D eigenvalue weighted by atomic mass is 10.2. The zero-order valence-electron chi connectivity index (χ0n) is 9.13. The first kappa shape index (κ1) is 10.6. The molecule has 0 unspecified atom stereocenters. The Morgan fingerprint density at radius 1 is 1.47 bits per heavy atom. The minimum absolute atomic E-state index is 0.853. The fourth-order valence-corrected chi connectivity index (χ4v) is 2.17. The molecule has 0 saturated heterocycles. The van der Waals surface area contributed by atoms with Crippen LogP contribution in [-0.4, -0.2) is 16.6 Å². The van der Waals surface area contributed by atoms with Gasteiger partial charge >= 0.3 is 0 Å². The predicted molar refractivity (Wildman–Crippen MR) is 65.9 cm³/mol. The number of hydrogen-bond acceptors (Lipinski definition) is 2. The summed E-state index contributed by atoms with van der Waals surface area (Å²) in [6, 6.07) is 4.25. The quantitative estimate of drug-likeness (QED) is 0.906. The summed E-state index contributed by atoms with van der Waals surface area (Å²) in [5, 5.41) is 3.15. The normalized spacial score (nSPS) is 11.2. The van der Waals surface area contributed by atoms with Gasteiger partial charge in [-0.15, -0.1) is 0 Å². The Kier molecular flexibility index (Phi) is 2.80. The van der Waals surface area contributed by atoms with E-state index in [-0.39, 0.29) is 0 Å². The first-order chi connectivity index (χ1) is 7.13. The van der Waals surface area contributed by atoms with Gasteiger partial charge in [-0.25, -0.2) is 4.98 Å². The van der Waals surface area contributed by atoms with Crippen LogP contribution in [0.15, 0.2) is 16.6 Å². The second-order valence-corrected chi connectivity index (χ2v) is 4.54. The molecule has 0 bridgehead atoms. The van der Waals surface area contributed by atoms with Crippen molar-refractivity contribution in [3.63, 3.8) is 0 Å². The molecule has 0 aliphatic rings. The van der Waals surface area contributed by atoms with Crippen molar-refractivity contribution >= 4 is 27.0 Å². The first-order valence-corrected chi connectivity index (χ1v) is 5.69. The number of fused-ring (bicyclic) bond motifs is 1. The van der Waals surface area contributed by atoms with Crippen LogP contribution in [0.25, 0.3) is 11.0 Å². The minimum atomic E-state index is 0.853. The zero-order valence-corrected chi connectivity index (χ0v) is 10.7. The summed E-state index contributed by atoms with van der Waals surface area (Å²) in [5.74, 6) is 1.04. The van der Waals surface area contributed by atoms with E-state index in [1.165, 1.54) is 11.1 Å². The van der Waals surface area contributed by atoms with E-state index in [0.29, 0.717) is 0 Å². The van der Waals surface area contributed by atoms with Crippen LogP contribution in [0.2, 0.25) is 0 Å². The van der Waals surface area contributed by atoms with Crippen LogP contribution in [0.4, 0.5) is 0 Å². The lowest BCUT2D eigenvalue weighted by molar-refractivity contribution is 0.815. The van der Waals surface area contributed by atoms with Crippen molar-refractivity contribution < 1.29 is 0 Å². The minimum Gasteiger partial charge on any atom is -0.331 e. The van der Waals surface area contributed by atoms with Gasteiger partial charge in [-0.1, -0.05) is 15.9 Å². The van der Waals surface area contributed by atoms with Gasteiger partial charge in [-0.3, -0.25) is 0 Å². The molecule has 4 heteroatoms. The van der Waals surface area contributed by atoms with Gasteiger partial charge < -0.3 is 9.88 Å². The number of rotatable bonds is 2. The predicted octanol–water partition coefficient (Wildman–Crippen LogP) is 2.36. The maximum absolute atomic E-state index is 4.51. The Morgan fingerprint density at radius 3 is 2.87 bits per heavy atom. The van der Waals surface area contributed by atoms with E-state index in [4.69, 9.17) is 0 Å². The van der Waals surface area contributed by atoms with Crippen LogP contribution in [-0.2, 0) is 13.6 Å². The highest BCUT2D eigenvalue weighted by atomic mass is 79.9. The van der Waals surface area contributed by atoms with Crippen molar-refractivity contribution in [3.8, 4) is 0 Å². The molecular formula is C11H14BrN3.